The first kappa shape index (κ1) is 18.1. The van der Waals surface area contributed by atoms with Gasteiger partial charge in [-0.3, -0.25) is 9.78 Å². The van der Waals surface area contributed by atoms with Crippen molar-refractivity contribution in [2.75, 3.05) is 13.1 Å². The predicted octanol–water partition coefficient (Wildman–Crippen LogP) is 0.637. The Labute approximate surface area is 156 Å². The summed E-state index contributed by atoms with van der Waals surface area (Å²) in [5.41, 5.74) is 0.670. The molecule has 2 aromatic heterocycles. The molecule has 0 radical (unpaired) electrons. The number of hydrogen-bond donors (Lipinski definition) is 1. The number of hydrogen-bond acceptors (Lipinski definition) is 5. The lowest BCUT2D eigenvalue weighted by molar-refractivity contribution is -0.125. The number of aryl methyl sites for hydroxylation is 1. The van der Waals surface area contributed by atoms with E-state index >= 15 is 0 Å². The number of halogens is 1. The van der Waals surface area contributed by atoms with Crippen LogP contribution >= 0.6 is 0 Å². The molecule has 0 spiro atoms. The van der Waals surface area contributed by atoms with E-state index in [1.807, 2.05) is 7.05 Å². The first-order valence-corrected chi connectivity index (χ1v) is 10.2. The molecule has 1 amide bonds. The summed E-state index contributed by atoms with van der Waals surface area (Å²) in [4.78, 5) is 20.4. The van der Waals surface area contributed by atoms with E-state index in [1.54, 1.807) is 17.1 Å². The van der Waals surface area contributed by atoms with Gasteiger partial charge in [0.05, 0.1) is 24.1 Å². The SMILES string of the molecule is Cn1cnc([C@@H]2CN(S(=O)(=O)c3cncc(F)c3)C[C@H]2C(=O)NC2CC2)c1. The molecule has 4 rings (SSSR count). The summed E-state index contributed by atoms with van der Waals surface area (Å²) < 4.78 is 42.3. The summed E-state index contributed by atoms with van der Waals surface area (Å²) in [7, 11) is -2.14. The number of pyridine rings is 1. The van der Waals surface area contributed by atoms with E-state index in [9.17, 15) is 17.6 Å². The molecule has 27 heavy (non-hydrogen) atoms. The molecule has 0 aromatic carbocycles. The van der Waals surface area contributed by atoms with Crippen molar-refractivity contribution in [3.05, 3.63) is 42.5 Å². The topological polar surface area (TPSA) is 97.2 Å². The highest BCUT2D eigenvalue weighted by Gasteiger charge is 2.45. The fourth-order valence-corrected chi connectivity index (χ4v) is 4.84. The Morgan fingerprint density at radius 3 is 2.70 bits per heavy atom. The Bertz CT molecular complexity index is 972. The van der Waals surface area contributed by atoms with Crippen LogP contribution in [0.4, 0.5) is 4.39 Å². The summed E-state index contributed by atoms with van der Waals surface area (Å²) in [5.74, 6) is -1.79. The second-order valence-electron chi connectivity index (χ2n) is 7.12. The van der Waals surface area contributed by atoms with Crippen molar-refractivity contribution in [1.82, 2.24) is 24.2 Å². The van der Waals surface area contributed by atoms with E-state index < -0.39 is 21.8 Å². The molecule has 8 nitrogen and oxygen atoms in total. The van der Waals surface area contributed by atoms with Crippen molar-refractivity contribution in [2.24, 2.45) is 13.0 Å². The first-order chi connectivity index (χ1) is 12.8. The molecule has 2 atom stereocenters. The van der Waals surface area contributed by atoms with Gasteiger partial charge in [0.1, 0.15) is 10.7 Å². The summed E-state index contributed by atoms with van der Waals surface area (Å²) in [6.07, 6.45) is 7.38. The van der Waals surface area contributed by atoms with Crippen molar-refractivity contribution in [3.63, 3.8) is 0 Å². The molecule has 1 aliphatic carbocycles. The van der Waals surface area contributed by atoms with Gasteiger partial charge in [0.2, 0.25) is 15.9 Å². The lowest BCUT2D eigenvalue weighted by atomic mass is 9.92. The largest absolute Gasteiger partial charge is 0.353 e. The van der Waals surface area contributed by atoms with Crippen molar-refractivity contribution >= 4 is 15.9 Å². The van der Waals surface area contributed by atoms with Gasteiger partial charge in [0.25, 0.3) is 0 Å². The lowest BCUT2D eigenvalue weighted by Crippen LogP contribution is -2.36. The molecule has 10 heteroatoms. The molecule has 1 saturated heterocycles. The van der Waals surface area contributed by atoms with Crippen LogP contribution in [0.1, 0.15) is 24.5 Å². The van der Waals surface area contributed by atoms with E-state index in [0.29, 0.717) is 5.69 Å². The number of sulfonamides is 1. The highest BCUT2D eigenvalue weighted by molar-refractivity contribution is 7.89. The molecule has 1 saturated carbocycles. The number of carbonyl (C=O) groups excluding carboxylic acids is 1. The Morgan fingerprint density at radius 1 is 1.30 bits per heavy atom. The molecule has 2 aliphatic rings. The van der Waals surface area contributed by atoms with Crippen molar-refractivity contribution < 1.29 is 17.6 Å². The van der Waals surface area contributed by atoms with Crippen LogP contribution in [0.15, 0.2) is 35.9 Å². The molecular formula is C17H20FN5O3S. The average Bonchev–Trinajstić information content (AvgIpc) is 3.15. The fourth-order valence-electron chi connectivity index (χ4n) is 3.37. The third-order valence-electron chi connectivity index (χ3n) is 4.97. The average molecular weight is 393 g/mol. The number of nitrogens with zero attached hydrogens (tertiary/aromatic N) is 4. The van der Waals surface area contributed by atoms with Crippen molar-refractivity contribution in [3.8, 4) is 0 Å². The van der Waals surface area contributed by atoms with Gasteiger partial charge in [0, 0.05) is 44.5 Å². The van der Waals surface area contributed by atoms with Gasteiger partial charge in [-0.25, -0.2) is 17.8 Å². The zero-order valence-electron chi connectivity index (χ0n) is 14.7. The zero-order valence-corrected chi connectivity index (χ0v) is 15.6. The van der Waals surface area contributed by atoms with E-state index in [-0.39, 0.29) is 35.9 Å². The second-order valence-corrected chi connectivity index (χ2v) is 9.06. The van der Waals surface area contributed by atoms with Crippen LogP contribution in [0, 0.1) is 11.7 Å². The Kier molecular flexibility index (Phi) is 4.47. The summed E-state index contributed by atoms with van der Waals surface area (Å²) in [6.45, 7) is 0.136. The van der Waals surface area contributed by atoms with Crippen LogP contribution in [0.25, 0.3) is 0 Å². The third kappa shape index (κ3) is 3.59. The minimum Gasteiger partial charge on any atom is -0.353 e. The highest BCUT2D eigenvalue weighted by atomic mass is 32.2. The maximum atomic E-state index is 13.5. The van der Waals surface area contributed by atoms with E-state index in [0.717, 1.165) is 31.3 Å². The number of nitrogens with one attached hydrogen (secondary N) is 1. The van der Waals surface area contributed by atoms with Gasteiger partial charge in [0.15, 0.2) is 0 Å². The standard InChI is InChI=1S/C17H20FN5O3S/c1-22-9-16(20-10-22)14-7-23(8-15(14)17(24)21-12-2-3-12)27(25,26)13-4-11(18)5-19-6-13/h4-6,9-10,12,14-15H,2-3,7-8H2,1H3,(H,21,24)/t14-,15-/m1/s1. The fraction of sp³-hybridized carbons (Fsp3) is 0.471. The van der Waals surface area contributed by atoms with Gasteiger partial charge in [-0.1, -0.05) is 0 Å². The smallest absolute Gasteiger partial charge is 0.244 e. The number of amides is 1. The zero-order chi connectivity index (χ0) is 19.2. The molecule has 2 fully saturated rings. The minimum atomic E-state index is -3.96. The Hall–Kier alpha value is -2.33. The van der Waals surface area contributed by atoms with Gasteiger partial charge >= 0.3 is 0 Å². The summed E-state index contributed by atoms with van der Waals surface area (Å²) >= 11 is 0. The molecule has 2 aromatic rings. The number of carbonyl (C=O) groups is 1. The molecule has 1 N–H and O–H groups in total. The molecule has 3 heterocycles. The quantitative estimate of drug-likeness (QED) is 0.804. The lowest BCUT2D eigenvalue weighted by Gasteiger charge is -2.16. The third-order valence-corrected chi connectivity index (χ3v) is 6.77. The van der Waals surface area contributed by atoms with Crippen LogP contribution in [-0.4, -0.2) is 52.3 Å². The molecule has 0 bridgehead atoms. The summed E-state index contributed by atoms with van der Waals surface area (Å²) in [5, 5.41) is 2.96. The first-order valence-electron chi connectivity index (χ1n) is 8.73. The maximum absolute atomic E-state index is 13.5. The van der Waals surface area contributed by atoms with Gasteiger partial charge in [-0.2, -0.15) is 4.31 Å². The monoisotopic (exact) mass is 393 g/mol. The minimum absolute atomic E-state index is 0.0264. The van der Waals surface area contributed by atoms with Gasteiger partial charge < -0.3 is 9.88 Å². The van der Waals surface area contributed by atoms with E-state index in [1.165, 1.54) is 4.31 Å². The van der Waals surface area contributed by atoms with E-state index in [2.05, 4.69) is 15.3 Å². The summed E-state index contributed by atoms with van der Waals surface area (Å²) in [6, 6.07) is 1.12. The van der Waals surface area contributed by atoms with Crippen LogP contribution < -0.4 is 5.32 Å². The van der Waals surface area contributed by atoms with Crippen LogP contribution in [-0.2, 0) is 21.9 Å². The Balaban J connectivity index is 1.64. The molecule has 0 unspecified atom stereocenters. The van der Waals surface area contributed by atoms with Crippen LogP contribution in [0.5, 0.6) is 0 Å². The Morgan fingerprint density at radius 2 is 2.07 bits per heavy atom. The van der Waals surface area contributed by atoms with Crippen LogP contribution in [0.2, 0.25) is 0 Å². The van der Waals surface area contributed by atoms with Crippen LogP contribution in [0.3, 0.4) is 0 Å². The number of rotatable bonds is 5. The predicted molar refractivity (Wildman–Crippen MR) is 93.6 cm³/mol. The number of aromatic nitrogens is 3. The van der Waals surface area contributed by atoms with Crippen molar-refractivity contribution in [1.29, 1.82) is 0 Å². The molecular weight excluding hydrogens is 373 g/mol. The van der Waals surface area contributed by atoms with Crippen molar-refractivity contribution in [2.45, 2.75) is 29.7 Å². The van der Waals surface area contributed by atoms with E-state index in [4.69, 9.17) is 0 Å². The van der Waals surface area contributed by atoms with Gasteiger partial charge in [-0.15, -0.1) is 0 Å². The normalized spacial score (nSPS) is 23.5. The number of imidazole rings is 1. The maximum Gasteiger partial charge on any atom is 0.244 e. The molecule has 1 aliphatic heterocycles. The van der Waals surface area contributed by atoms with Gasteiger partial charge in [-0.05, 0) is 18.9 Å². The molecule has 144 valence electrons. The second kappa shape index (κ2) is 6.68. The highest BCUT2D eigenvalue weighted by Crippen LogP contribution is 2.35.